The zero-order valence-electron chi connectivity index (χ0n) is 22.2. The molecule has 42 heavy (non-hydrogen) atoms. The number of nitrogens with one attached hydrogen (secondary N) is 4. The number of nitrogens with zero attached hydrogens (tertiary/aromatic N) is 2. The monoisotopic (exact) mass is 570 g/mol. The minimum atomic E-state index is -0.911. The Labute approximate surface area is 236 Å². The van der Waals surface area contributed by atoms with Crippen LogP contribution in [0, 0.1) is 5.82 Å². The number of benzene rings is 3. The second-order valence-electron chi connectivity index (χ2n) is 11.1. The normalized spacial score (nSPS) is 22.6. The summed E-state index contributed by atoms with van der Waals surface area (Å²) in [6.45, 7) is 0.586. The molecule has 5 heterocycles. The molecule has 0 radical (unpaired) electrons. The maximum absolute atomic E-state index is 15.7. The molecule has 0 bridgehead atoms. The van der Waals surface area contributed by atoms with Crippen LogP contribution in [0.4, 0.5) is 13.2 Å². The molecule has 0 saturated carbocycles. The minimum absolute atomic E-state index is 0.102. The van der Waals surface area contributed by atoms with E-state index in [4.69, 9.17) is 4.42 Å². The number of hydrogen-bond donors (Lipinski definition) is 4. The Morgan fingerprint density at radius 3 is 2.00 bits per heavy atom. The molecule has 0 amide bonds. The molecular formula is C31H25F3N6O2. The largest absolute Gasteiger partial charge is 0.453 e. The number of halogens is 3. The van der Waals surface area contributed by atoms with Crippen molar-refractivity contribution < 1.29 is 17.6 Å². The van der Waals surface area contributed by atoms with Crippen molar-refractivity contribution in [3.63, 3.8) is 0 Å². The van der Waals surface area contributed by atoms with Gasteiger partial charge in [0.25, 0.3) is 0 Å². The molecule has 2 aliphatic heterocycles. The Morgan fingerprint density at radius 2 is 1.38 bits per heavy atom. The first-order valence-corrected chi connectivity index (χ1v) is 13.9. The maximum Gasteiger partial charge on any atom is 0.200 e. The highest BCUT2D eigenvalue weighted by atomic mass is 19.1. The number of imidazole rings is 2. The second kappa shape index (κ2) is 9.53. The van der Waals surface area contributed by atoms with E-state index in [-0.39, 0.29) is 34.1 Å². The first-order chi connectivity index (χ1) is 20.4. The summed E-state index contributed by atoms with van der Waals surface area (Å²) in [4.78, 5) is 29.0. The summed E-state index contributed by atoms with van der Waals surface area (Å²) in [5.74, 6) is 0.670. The predicted octanol–water partition coefficient (Wildman–Crippen LogP) is 5.76. The third-order valence-electron chi connectivity index (χ3n) is 8.34. The van der Waals surface area contributed by atoms with E-state index in [0.29, 0.717) is 70.7 Å². The van der Waals surface area contributed by atoms with Crippen LogP contribution in [-0.4, -0.2) is 45.4 Å². The van der Waals surface area contributed by atoms with Gasteiger partial charge in [0, 0.05) is 42.4 Å². The number of fused-ring (bicyclic) bond motifs is 3. The van der Waals surface area contributed by atoms with Gasteiger partial charge in [0.2, 0.25) is 5.43 Å². The summed E-state index contributed by atoms with van der Waals surface area (Å²) in [5.41, 5.74) is 2.66. The van der Waals surface area contributed by atoms with E-state index in [1.54, 1.807) is 54.9 Å². The van der Waals surface area contributed by atoms with Crippen LogP contribution < -0.4 is 16.1 Å². The van der Waals surface area contributed by atoms with Crippen LogP contribution in [0.3, 0.4) is 0 Å². The molecule has 0 aliphatic carbocycles. The predicted molar refractivity (Wildman–Crippen MR) is 153 cm³/mol. The highest BCUT2D eigenvalue weighted by Crippen LogP contribution is 2.33. The van der Waals surface area contributed by atoms with Crippen molar-refractivity contribution in [3.05, 3.63) is 82.5 Å². The molecule has 8 rings (SSSR count). The maximum atomic E-state index is 15.7. The Bertz CT molecular complexity index is 2070. The summed E-state index contributed by atoms with van der Waals surface area (Å²) in [6, 6.07) is 11.6. The van der Waals surface area contributed by atoms with Gasteiger partial charge in [-0.2, -0.15) is 0 Å². The molecule has 4 atom stereocenters. The van der Waals surface area contributed by atoms with Gasteiger partial charge in [0.1, 0.15) is 29.6 Å². The average molecular weight is 571 g/mol. The number of alkyl halides is 2. The number of aromatic nitrogens is 4. The first-order valence-electron chi connectivity index (χ1n) is 13.9. The zero-order chi connectivity index (χ0) is 28.5. The summed E-state index contributed by atoms with van der Waals surface area (Å²) in [6.07, 6.45) is 2.21. The van der Waals surface area contributed by atoms with E-state index in [1.165, 1.54) is 0 Å². The molecule has 8 nitrogen and oxygen atoms in total. The zero-order valence-corrected chi connectivity index (χ0v) is 22.2. The van der Waals surface area contributed by atoms with Crippen molar-refractivity contribution in [3.8, 4) is 22.5 Å². The molecule has 11 heteroatoms. The van der Waals surface area contributed by atoms with Crippen LogP contribution in [0.15, 0.2) is 64.1 Å². The molecular weight excluding hydrogens is 545 g/mol. The fourth-order valence-corrected chi connectivity index (χ4v) is 6.12. The first kappa shape index (κ1) is 25.2. The van der Waals surface area contributed by atoms with E-state index in [2.05, 4.69) is 30.6 Å². The lowest BCUT2D eigenvalue weighted by atomic mass is 10.0. The van der Waals surface area contributed by atoms with Crippen LogP contribution in [0.2, 0.25) is 0 Å². The van der Waals surface area contributed by atoms with Crippen LogP contribution in [-0.2, 0) is 0 Å². The fourth-order valence-electron chi connectivity index (χ4n) is 6.12. The van der Waals surface area contributed by atoms with Crippen molar-refractivity contribution in [1.82, 2.24) is 30.6 Å². The van der Waals surface area contributed by atoms with Gasteiger partial charge in [-0.25, -0.2) is 23.1 Å². The fraction of sp³-hybridized carbons (Fsp3) is 0.258. The summed E-state index contributed by atoms with van der Waals surface area (Å²) in [5, 5.41) is 7.51. The third-order valence-corrected chi connectivity index (χ3v) is 8.34. The van der Waals surface area contributed by atoms with Gasteiger partial charge in [-0.1, -0.05) is 12.1 Å². The highest BCUT2D eigenvalue weighted by molar-refractivity contribution is 6.01. The molecule has 2 fully saturated rings. The van der Waals surface area contributed by atoms with Gasteiger partial charge in [-0.05, 0) is 35.7 Å². The van der Waals surface area contributed by atoms with E-state index >= 15 is 4.39 Å². The number of rotatable bonds is 4. The quantitative estimate of drug-likeness (QED) is 0.201. The summed E-state index contributed by atoms with van der Waals surface area (Å²) < 4.78 is 49.0. The minimum Gasteiger partial charge on any atom is -0.453 e. The number of H-pyrrole nitrogens is 2. The number of aromatic amines is 2. The van der Waals surface area contributed by atoms with Gasteiger partial charge < -0.3 is 25.0 Å². The Morgan fingerprint density at radius 1 is 0.762 bits per heavy atom. The standard InChI is InChI=1S/C31H25F3N6O2/c32-17-8-22(35-10-17)30-37-12-24(39-30)14-1-3-19-16(5-14)7-21-28(41)20-6-15(2-4-26(20)42-29(21)27(19)34)25-13-38-31(40-25)23-9-18(33)11-36-23/h1-7,12-13,17-18,22-23,35-36H,8-11H2,(H,37,39)(H,38,40)/t17-,18-,22-,23-/m0/s1. The van der Waals surface area contributed by atoms with E-state index < -0.39 is 18.2 Å². The number of hydrogen-bond acceptors (Lipinski definition) is 6. The average Bonchev–Trinajstić information content (AvgIpc) is 3.81. The highest BCUT2D eigenvalue weighted by Gasteiger charge is 2.28. The third kappa shape index (κ3) is 4.11. The van der Waals surface area contributed by atoms with Crippen molar-refractivity contribution in [1.29, 1.82) is 0 Å². The summed E-state index contributed by atoms with van der Waals surface area (Å²) >= 11 is 0. The van der Waals surface area contributed by atoms with Crippen LogP contribution in [0.1, 0.15) is 36.6 Å². The van der Waals surface area contributed by atoms with Gasteiger partial charge >= 0.3 is 0 Å². The van der Waals surface area contributed by atoms with Gasteiger partial charge in [-0.15, -0.1) is 0 Å². The molecule has 0 spiro atoms. The Kier molecular flexibility index (Phi) is 5.73. The summed E-state index contributed by atoms with van der Waals surface area (Å²) in [7, 11) is 0. The van der Waals surface area contributed by atoms with Crippen molar-refractivity contribution in [2.24, 2.45) is 0 Å². The van der Waals surface area contributed by atoms with Crippen molar-refractivity contribution in [2.45, 2.75) is 37.3 Å². The Balaban J connectivity index is 1.19. The van der Waals surface area contributed by atoms with E-state index in [1.807, 2.05) is 0 Å². The Hall–Kier alpha value is -4.48. The molecule has 4 N–H and O–H groups in total. The van der Waals surface area contributed by atoms with Gasteiger partial charge in [0.05, 0.1) is 46.6 Å². The molecule has 3 aromatic carbocycles. The molecule has 2 aliphatic rings. The molecule has 3 aromatic heterocycles. The van der Waals surface area contributed by atoms with Crippen molar-refractivity contribution in [2.75, 3.05) is 13.1 Å². The lowest BCUT2D eigenvalue weighted by molar-refractivity contribution is 0.354. The lowest BCUT2D eigenvalue weighted by Gasteiger charge is -2.09. The second-order valence-corrected chi connectivity index (χ2v) is 11.1. The van der Waals surface area contributed by atoms with Gasteiger partial charge in [0.15, 0.2) is 11.4 Å². The molecule has 6 aromatic rings. The van der Waals surface area contributed by atoms with Gasteiger partial charge in [-0.3, -0.25) is 4.79 Å². The van der Waals surface area contributed by atoms with Crippen LogP contribution in [0.5, 0.6) is 0 Å². The topological polar surface area (TPSA) is 112 Å². The smallest absolute Gasteiger partial charge is 0.200 e. The molecule has 2 saturated heterocycles. The lowest BCUT2D eigenvalue weighted by Crippen LogP contribution is -2.14. The van der Waals surface area contributed by atoms with Crippen LogP contribution >= 0.6 is 0 Å². The SMILES string of the molecule is O=c1c2cc(-c3cnc([C@@H]4C[C@H](F)CN4)[nH]3)ccc2oc2c(F)c3ccc(-c4cnc([C@@H]5C[C@H](F)CN5)[nH]4)cc3cc12. The molecule has 212 valence electrons. The van der Waals surface area contributed by atoms with E-state index in [0.717, 1.165) is 5.56 Å². The molecule has 0 unspecified atom stereocenters. The van der Waals surface area contributed by atoms with Crippen LogP contribution in [0.25, 0.3) is 55.2 Å². The van der Waals surface area contributed by atoms with Crippen molar-refractivity contribution >= 4 is 32.7 Å². The van der Waals surface area contributed by atoms with E-state index in [9.17, 15) is 13.6 Å².